The van der Waals surface area contributed by atoms with Crippen LogP contribution in [0.25, 0.3) is 21.8 Å². The van der Waals surface area contributed by atoms with Gasteiger partial charge in [-0.15, -0.1) is 0 Å². The third-order valence-electron chi connectivity index (χ3n) is 3.80. The summed E-state index contributed by atoms with van der Waals surface area (Å²) >= 11 is 0. The highest BCUT2D eigenvalue weighted by Gasteiger charge is 2.06. The van der Waals surface area contributed by atoms with E-state index in [-0.39, 0.29) is 5.75 Å². The minimum Gasteiger partial charge on any atom is -0.508 e. The average molecular weight is 289 g/mol. The van der Waals surface area contributed by atoms with E-state index in [1.54, 1.807) is 12.1 Å². The van der Waals surface area contributed by atoms with Gasteiger partial charge in [0, 0.05) is 22.4 Å². The molecule has 4 rings (SSSR count). The Hall–Kier alpha value is -2.94. The molecule has 0 aliphatic heterocycles. The van der Waals surface area contributed by atoms with E-state index in [1.807, 2.05) is 54.6 Å². The van der Waals surface area contributed by atoms with E-state index >= 15 is 0 Å². The minimum absolute atomic E-state index is 0.264. The Bertz CT molecular complexity index is 942. The van der Waals surface area contributed by atoms with Crippen LogP contribution in [0.15, 0.2) is 66.7 Å². The summed E-state index contributed by atoms with van der Waals surface area (Å²) in [5.41, 5.74) is 3.11. The first kappa shape index (κ1) is 12.8. The fourth-order valence-corrected chi connectivity index (χ4v) is 2.70. The second-order valence-electron chi connectivity index (χ2n) is 5.34. The fraction of sp³-hybridized carbons (Fsp3) is 0.0526. The quantitative estimate of drug-likeness (QED) is 0.578. The summed E-state index contributed by atoms with van der Waals surface area (Å²) in [4.78, 5) is 3.30. The molecule has 0 radical (unpaired) electrons. The SMILES string of the molecule is Oc1ccc2c(c1)[nH]c1ccc(OCc3ccccc3)cc12. The summed E-state index contributed by atoms with van der Waals surface area (Å²) in [6, 6.07) is 21.5. The van der Waals surface area contributed by atoms with E-state index in [4.69, 9.17) is 4.74 Å². The molecule has 0 atom stereocenters. The standard InChI is InChI=1S/C19H15NO2/c21-14-6-8-16-17-11-15(7-9-18(17)20-19(16)10-14)22-12-13-4-2-1-3-5-13/h1-11,20-21H,12H2. The highest BCUT2D eigenvalue weighted by molar-refractivity contribution is 6.07. The van der Waals surface area contributed by atoms with Crippen LogP contribution >= 0.6 is 0 Å². The largest absolute Gasteiger partial charge is 0.508 e. The Balaban J connectivity index is 1.69. The van der Waals surface area contributed by atoms with E-state index < -0.39 is 0 Å². The number of rotatable bonds is 3. The average Bonchev–Trinajstić information content (AvgIpc) is 2.90. The van der Waals surface area contributed by atoms with Gasteiger partial charge in [-0.2, -0.15) is 0 Å². The molecule has 0 unspecified atom stereocenters. The molecular formula is C19H15NO2. The van der Waals surface area contributed by atoms with Crippen LogP contribution in [0, 0.1) is 0 Å². The van der Waals surface area contributed by atoms with Crippen molar-refractivity contribution in [3.63, 3.8) is 0 Å². The number of hydrogen-bond donors (Lipinski definition) is 2. The van der Waals surface area contributed by atoms with Crippen molar-refractivity contribution in [2.24, 2.45) is 0 Å². The van der Waals surface area contributed by atoms with Crippen molar-refractivity contribution in [3.8, 4) is 11.5 Å². The Kier molecular flexibility index (Phi) is 2.97. The van der Waals surface area contributed by atoms with Crippen molar-refractivity contribution >= 4 is 21.8 Å². The van der Waals surface area contributed by atoms with Crippen LogP contribution < -0.4 is 4.74 Å². The number of nitrogens with one attached hydrogen (secondary N) is 1. The first-order valence-electron chi connectivity index (χ1n) is 7.21. The minimum atomic E-state index is 0.264. The first-order chi connectivity index (χ1) is 10.8. The van der Waals surface area contributed by atoms with Gasteiger partial charge in [0.2, 0.25) is 0 Å². The number of phenols is 1. The molecule has 3 nitrogen and oxygen atoms in total. The summed E-state index contributed by atoms with van der Waals surface area (Å²) in [6.45, 7) is 0.551. The molecule has 3 heteroatoms. The molecule has 0 fully saturated rings. The highest BCUT2D eigenvalue weighted by Crippen LogP contribution is 2.30. The maximum absolute atomic E-state index is 9.58. The number of fused-ring (bicyclic) bond motifs is 3. The van der Waals surface area contributed by atoms with Gasteiger partial charge in [-0.3, -0.25) is 0 Å². The normalized spacial score (nSPS) is 11.1. The van der Waals surface area contributed by atoms with Crippen LogP contribution in [0.5, 0.6) is 11.5 Å². The van der Waals surface area contributed by atoms with Gasteiger partial charge in [0.05, 0.1) is 5.52 Å². The molecule has 108 valence electrons. The number of hydrogen-bond acceptors (Lipinski definition) is 2. The van der Waals surface area contributed by atoms with Crippen molar-refractivity contribution in [2.75, 3.05) is 0 Å². The molecule has 0 bridgehead atoms. The Morgan fingerprint density at radius 1 is 0.818 bits per heavy atom. The van der Waals surface area contributed by atoms with Crippen molar-refractivity contribution in [2.45, 2.75) is 6.61 Å². The predicted octanol–water partition coefficient (Wildman–Crippen LogP) is 4.61. The van der Waals surface area contributed by atoms with Gasteiger partial charge in [0.15, 0.2) is 0 Å². The van der Waals surface area contributed by atoms with E-state index in [2.05, 4.69) is 4.98 Å². The third-order valence-corrected chi connectivity index (χ3v) is 3.80. The van der Waals surface area contributed by atoms with Gasteiger partial charge in [-0.05, 0) is 35.9 Å². The summed E-state index contributed by atoms with van der Waals surface area (Å²) in [5, 5.41) is 11.8. The van der Waals surface area contributed by atoms with Gasteiger partial charge < -0.3 is 14.8 Å². The van der Waals surface area contributed by atoms with Gasteiger partial charge in [0.1, 0.15) is 18.1 Å². The van der Waals surface area contributed by atoms with Crippen molar-refractivity contribution in [1.82, 2.24) is 4.98 Å². The lowest BCUT2D eigenvalue weighted by Crippen LogP contribution is -1.94. The van der Waals surface area contributed by atoms with E-state index in [1.165, 1.54) is 0 Å². The molecule has 2 N–H and O–H groups in total. The maximum Gasteiger partial charge on any atom is 0.120 e. The molecular weight excluding hydrogens is 274 g/mol. The zero-order valence-corrected chi connectivity index (χ0v) is 11.9. The van der Waals surface area contributed by atoms with Crippen LogP contribution in [-0.4, -0.2) is 10.1 Å². The molecule has 22 heavy (non-hydrogen) atoms. The molecule has 0 saturated carbocycles. The number of aromatic amines is 1. The predicted molar refractivity (Wildman–Crippen MR) is 88.2 cm³/mol. The molecule has 1 heterocycles. The summed E-state index contributed by atoms with van der Waals surface area (Å²) in [7, 11) is 0. The van der Waals surface area contributed by atoms with Crippen LogP contribution in [0.3, 0.4) is 0 Å². The van der Waals surface area contributed by atoms with E-state index in [0.717, 1.165) is 33.1 Å². The second kappa shape index (κ2) is 5.11. The van der Waals surface area contributed by atoms with Crippen molar-refractivity contribution in [3.05, 3.63) is 72.3 Å². The van der Waals surface area contributed by atoms with Gasteiger partial charge in [-0.1, -0.05) is 30.3 Å². The van der Waals surface area contributed by atoms with Crippen molar-refractivity contribution < 1.29 is 9.84 Å². The maximum atomic E-state index is 9.58. The van der Waals surface area contributed by atoms with E-state index in [9.17, 15) is 5.11 Å². The topological polar surface area (TPSA) is 45.2 Å². The number of aromatic nitrogens is 1. The van der Waals surface area contributed by atoms with Gasteiger partial charge in [-0.25, -0.2) is 0 Å². The zero-order chi connectivity index (χ0) is 14.9. The van der Waals surface area contributed by atoms with Crippen LogP contribution in [0.1, 0.15) is 5.56 Å². The number of H-pyrrole nitrogens is 1. The molecule has 1 aromatic heterocycles. The fourth-order valence-electron chi connectivity index (χ4n) is 2.70. The lowest BCUT2D eigenvalue weighted by molar-refractivity contribution is 0.306. The van der Waals surface area contributed by atoms with Gasteiger partial charge in [0.25, 0.3) is 0 Å². The molecule has 0 spiro atoms. The Labute approximate surface area is 127 Å². The zero-order valence-electron chi connectivity index (χ0n) is 11.9. The summed E-state index contributed by atoms with van der Waals surface area (Å²) in [6.07, 6.45) is 0. The lowest BCUT2D eigenvalue weighted by atomic mass is 10.1. The smallest absolute Gasteiger partial charge is 0.120 e. The Morgan fingerprint density at radius 3 is 2.55 bits per heavy atom. The number of phenolic OH excluding ortho intramolecular Hbond substituents is 1. The molecule has 0 amide bonds. The monoisotopic (exact) mass is 289 g/mol. The summed E-state index contributed by atoms with van der Waals surface area (Å²) < 4.78 is 5.88. The molecule has 0 aliphatic rings. The van der Waals surface area contributed by atoms with Crippen LogP contribution in [-0.2, 0) is 6.61 Å². The number of benzene rings is 3. The Morgan fingerprint density at radius 2 is 1.68 bits per heavy atom. The summed E-state index contributed by atoms with van der Waals surface area (Å²) in [5.74, 6) is 1.10. The van der Waals surface area contributed by atoms with Gasteiger partial charge >= 0.3 is 0 Å². The molecule has 4 aromatic rings. The molecule has 3 aromatic carbocycles. The van der Waals surface area contributed by atoms with Crippen LogP contribution in [0.2, 0.25) is 0 Å². The van der Waals surface area contributed by atoms with E-state index in [0.29, 0.717) is 6.61 Å². The van der Waals surface area contributed by atoms with Crippen LogP contribution in [0.4, 0.5) is 0 Å². The lowest BCUT2D eigenvalue weighted by Gasteiger charge is -2.06. The first-order valence-corrected chi connectivity index (χ1v) is 7.21. The number of ether oxygens (including phenoxy) is 1. The highest BCUT2D eigenvalue weighted by atomic mass is 16.5. The molecule has 0 saturated heterocycles. The third kappa shape index (κ3) is 2.27. The second-order valence-corrected chi connectivity index (χ2v) is 5.34. The molecule has 0 aliphatic carbocycles. The van der Waals surface area contributed by atoms with Crippen molar-refractivity contribution in [1.29, 1.82) is 0 Å². The number of aromatic hydroxyl groups is 1.